The number of hydrogen-bond donors (Lipinski definition) is 1. The van der Waals surface area contributed by atoms with E-state index in [1.165, 1.54) is 0 Å². The van der Waals surface area contributed by atoms with Gasteiger partial charge in [0.15, 0.2) is 0 Å². The third kappa shape index (κ3) is 7.18. The third-order valence-corrected chi connectivity index (χ3v) is 1.34. The molecule has 0 rings (SSSR count). The molecule has 0 fully saturated rings. The van der Waals surface area contributed by atoms with Crippen LogP contribution in [0.3, 0.4) is 0 Å². The van der Waals surface area contributed by atoms with Crippen LogP contribution in [0.4, 0.5) is 0 Å². The van der Waals surface area contributed by atoms with E-state index < -0.39 is 7.82 Å². The minimum Gasteiger partial charge on any atom is -0.755 e. The van der Waals surface area contributed by atoms with E-state index in [1.54, 1.807) is 6.92 Å². The number of phosphoric ester groups is 1. The van der Waals surface area contributed by atoms with Gasteiger partial charge in [-0.15, -0.1) is 0 Å². The van der Waals surface area contributed by atoms with Crippen LogP contribution in [0.1, 0.15) is 13.3 Å². The summed E-state index contributed by atoms with van der Waals surface area (Å²) in [5.74, 6) is 4.35. The average molecular weight is 177 g/mol. The second kappa shape index (κ2) is 6.76. The molecule has 5 nitrogen and oxygen atoms in total. The molecule has 0 amide bonds. The van der Waals surface area contributed by atoms with Crippen molar-refractivity contribution in [3.63, 3.8) is 0 Å². The summed E-state index contributed by atoms with van der Waals surface area (Å²) < 4.78 is 17.9. The molecular formula is C3H9NNaO4P. The van der Waals surface area contributed by atoms with E-state index in [9.17, 15) is 9.46 Å². The summed E-state index contributed by atoms with van der Waals surface area (Å²) in [7, 11) is -4.16. The number of rotatable bonds is 4. The molecular weight excluding hydrogens is 168 g/mol. The van der Waals surface area contributed by atoms with E-state index in [2.05, 4.69) is 15.0 Å². The van der Waals surface area contributed by atoms with Gasteiger partial charge in [-0.25, -0.2) is 10.5 Å². The van der Waals surface area contributed by atoms with Gasteiger partial charge in [-0.3, -0.25) is 4.57 Å². The van der Waals surface area contributed by atoms with E-state index >= 15 is 0 Å². The molecule has 0 aliphatic rings. The van der Waals surface area contributed by atoms with Gasteiger partial charge in [0, 0.05) is 0 Å². The number of hydrogen-bond acceptors (Lipinski definition) is 5. The fourth-order valence-electron chi connectivity index (χ4n) is 0.234. The molecule has 0 bridgehead atoms. The molecule has 0 saturated carbocycles. The summed E-state index contributed by atoms with van der Waals surface area (Å²) >= 11 is 0. The molecule has 0 aromatic carbocycles. The largest absolute Gasteiger partial charge is 1.00 e. The van der Waals surface area contributed by atoms with Crippen LogP contribution in [0.25, 0.3) is 0 Å². The van der Waals surface area contributed by atoms with Crippen molar-refractivity contribution in [1.82, 2.24) is 0 Å². The predicted molar refractivity (Wildman–Crippen MR) is 29.1 cm³/mol. The van der Waals surface area contributed by atoms with Crippen molar-refractivity contribution >= 4 is 7.82 Å². The Morgan fingerprint density at radius 2 is 2.20 bits per heavy atom. The topological polar surface area (TPSA) is 84.6 Å². The van der Waals surface area contributed by atoms with E-state index in [0.717, 1.165) is 0 Å². The number of phosphoric acid groups is 1. The van der Waals surface area contributed by atoms with Gasteiger partial charge < -0.3 is 9.42 Å². The molecule has 56 valence electrons. The van der Waals surface area contributed by atoms with Gasteiger partial charge in [-0.1, -0.05) is 6.92 Å². The minimum absolute atomic E-state index is 0. The average Bonchev–Trinajstić information content (AvgIpc) is 1.84. The van der Waals surface area contributed by atoms with E-state index in [1.807, 2.05) is 0 Å². The molecule has 0 aliphatic carbocycles. The van der Waals surface area contributed by atoms with Crippen LogP contribution in [0, 0.1) is 0 Å². The monoisotopic (exact) mass is 177 g/mol. The van der Waals surface area contributed by atoms with Gasteiger partial charge in [-0.2, -0.15) is 0 Å². The standard InChI is InChI=1S/C3H10NO4P.Na/c1-2-3-7-9(5,6)8-4;/h2-4H2,1H3,(H,5,6);/q;+1/p-1. The summed E-state index contributed by atoms with van der Waals surface area (Å²) in [6.07, 6.45) is 0.607. The van der Waals surface area contributed by atoms with Gasteiger partial charge in [0.05, 0.1) is 6.61 Å². The molecule has 0 radical (unpaired) electrons. The molecule has 0 heterocycles. The van der Waals surface area contributed by atoms with Gasteiger partial charge in [0.2, 0.25) is 0 Å². The number of nitrogens with two attached hydrogens (primary N) is 1. The minimum atomic E-state index is -4.16. The molecule has 0 aromatic heterocycles. The first-order valence-electron chi connectivity index (χ1n) is 2.46. The summed E-state index contributed by atoms with van der Waals surface area (Å²) in [6, 6.07) is 0. The SMILES string of the molecule is CCCOP(=O)([O-])ON.[Na+]. The van der Waals surface area contributed by atoms with Crippen LogP contribution < -0.4 is 40.3 Å². The van der Waals surface area contributed by atoms with Crippen LogP contribution in [0.15, 0.2) is 0 Å². The quantitative estimate of drug-likeness (QED) is 0.277. The van der Waals surface area contributed by atoms with Crippen molar-refractivity contribution in [2.75, 3.05) is 6.61 Å². The maximum Gasteiger partial charge on any atom is 1.00 e. The normalized spacial score (nSPS) is 15.5. The molecule has 0 spiro atoms. The molecule has 0 aliphatic heterocycles. The zero-order chi connectivity index (χ0) is 7.33. The van der Waals surface area contributed by atoms with Crippen LogP contribution in [0.5, 0.6) is 0 Å². The molecule has 7 heteroatoms. The van der Waals surface area contributed by atoms with Crippen LogP contribution in [-0.4, -0.2) is 6.61 Å². The first-order chi connectivity index (χ1) is 4.12. The summed E-state index contributed by atoms with van der Waals surface area (Å²) in [5.41, 5.74) is 0. The van der Waals surface area contributed by atoms with E-state index in [-0.39, 0.29) is 36.2 Å². The summed E-state index contributed by atoms with van der Waals surface area (Å²) in [4.78, 5) is 10.2. The molecule has 0 aromatic rings. The predicted octanol–water partition coefficient (Wildman–Crippen LogP) is -3.22. The first-order valence-corrected chi connectivity index (χ1v) is 3.92. The van der Waals surface area contributed by atoms with Crippen LogP contribution in [-0.2, 0) is 13.7 Å². The molecule has 2 N–H and O–H groups in total. The Kier molecular flexibility index (Phi) is 9.22. The maximum absolute atomic E-state index is 10.2. The Morgan fingerprint density at radius 3 is 2.50 bits per heavy atom. The molecule has 1 unspecified atom stereocenters. The smallest absolute Gasteiger partial charge is 0.755 e. The Morgan fingerprint density at radius 1 is 1.70 bits per heavy atom. The second-order valence-corrected chi connectivity index (χ2v) is 2.75. The zero-order valence-corrected chi connectivity index (χ0v) is 8.97. The molecule has 10 heavy (non-hydrogen) atoms. The van der Waals surface area contributed by atoms with Gasteiger partial charge in [0.1, 0.15) is 0 Å². The van der Waals surface area contributed by atoms with Crippen molar-refractivity contribution in [1.29, 1.82) is 0 Å². The molecule has 0 saturated heterocycles. The van der Waals surface area contributed by atoms with Crippen molar-refractivity contribution in [2.45, 2.75) is 13.3 Å². The second-order valence-electron chi connectivity index (χ2n) is 1.39. The van der Waals surface area contributed by atoms with E-state index in [0.29, 0.717) is 6.42 Å². The van der Waals surface area contributed by atoms with Crippen LogP contribution in [0.2, 0.25) is 0 Å². The van der Waals surface area contributed by atoms with Crippen molar-refractivity contribution in [3.8, 4) is 0 Å². The van der Waals surface area contributed by atoms with Gasteiger partial charge in [-0.05, 0) is 6.42 Å². The van der Waals surface area contributed by atoms with Crippen LogP contribution >= 0.6 is 7.82 Å². The summed E-state index contributed by atoms with van der Waals surface area (Å²) in [6.45, 7) is 1.88. The Hall–Kier alpha value is 1.07. The molecule has 1 atom stereocenters. The van der Waals surface area contributed by atoms with Gasteiger partial charge in [0.25, 0.3) is 7.82 Å². The fourth-order valence-corrected chi connectivity index (χ4v) is 0.701. The fraction of sp³-hybridized carbons (Fsp3) is 1.00. The Labute approximate surface area is 81.7 Å². The Balaban J connectivity index is 0. The van der Waals surface area contributed by atoms with Crippen molar-refractivity contribution in [3.05, 3.63) is 0 Å². The van der Waals surface area contributed by atoms with Crippen molar-refractivity contribution < 1.29 is 48.2 Å². The van der Waals surface area contributed by atoms with E-state index in [4.69, 9.17) is 0 Å². The first kappa shape index (κ1) is 13.6. The Bertz CT molecular complexity index is 121. The van der Waals surface area contributed by atoms with Gasteiger partial charge >= 0.3 is 29.6 Å². The maximum atomic E-state index is 10.2. The summed E-state index contributed by atoms with van der Waals surface area (Å²) in [5, 5.41) is 0. The zero-order valence-electron chi connectivity index (χ0n) is 6.07. The van der Waals surface area contributed by atoms with Crippen molar-refractivity contribution in [2.24, 2.45) is 5.90 Å². The third-order valence-electron chi connectivity index (χ3n) is 0.583.